The zero-order valence-electron chi connectivity index (χ0n) is 13.3. The van der Waals surface area contributed by atoms with Gasteiger partial charge >= 0.3 is 0 Å². The number of rotatable bonds is 6. The van der Waals surface area contributed by atoms with Gasteiger partial charge in [-0.3, -0.25) is 4.79 Å². The van der Waals surface area contributed by atoms with Crippen LogP contribution in [0.25, 0.3) is 0 Å². The SMILES string of the molecule is COCC1(C(=O)NC(C)Cc2ccccc2F)CCNCC1. The van der Waals surface area contributed by atoms with Gasteiger partial charge in [-0.25, -0.2) is 4.39 Å². The summed E-state index contributed by atoms with van der Waals surface area (Å²) in [5.41, 5.74) is 0.158. The van der Waals surface area contributed by atoms with Crippen molar-refractivity contribution in [1.29, 1.82) is 0 Å². The highest BCUT2D eigenvalue weighted by atomic mass is 19.1. The molecule has 122 valence electrons. The fourth-order valence-corrected chi connectivity index (χ4v) is 3.04. The van der Waals surface area contributed by atoms with Crippen molar-refractivity contribution < 1.29 is 13.9 Å². The molecule has 0 aromatic heterocycles. The molecule has 0 saturated carbocycles. The van der Waals surface area contributed by atoms with Gasteiger partial charge in [0.15, 0.2) is 0 Å². The van der Waals surface area contributed by atoms with Crippen molar-refractivity contribution in [3.8, 4) is 0 Å². The van der Waals surface area contributed by atoms with Crippen LogP contribution in [-0.4, -0.2) is 38.8 Å². The minimum Gasteiger partial charge on any atom is -0.384 e. The molecule has 22 heavy (non-hydrogen) atoms. The molecule has 1 aromatic carbocycles. The number of amides is 1. The van der Waals surface area contributed by atoms with E-state index in [4.69, 9.17) is 4.74 Å². The number of benzene rings is 1. The van der Waals surface area contributed by atoms with Gasteiger partial charge in [-0.1, -0.05) is 18.2 Å². The second kappa shape index (κ2) is 7.70. The second-order valence-electron chi connectivity index (χ2n) is 6.13. The van der Waals surface area contributed by atoms with Crippen LogP contribution in [0.15, 0.2) is 24.3 Å². The maximum absolute atomic E-state index is 13.7. The Labute approximate surface area is 131 Å². The number of ether oxygens (including phenoxy) is 1. The maximum atomic E-state index is 13.7. The summed E-state index contributed by atoms with van der Waals surface area (Å²) in [5.74, 6) is -0.211. The second-order valence-corrected chi connectivity index (χ2v) is 6.13. The average Bonchev–Trinajstić information content (AvgIpc) is 2.51. The predicted octanol–water partition coefficient (Wildman–Crippen LogP) is 1.89. The highest BCUT2D eigenvalue weighted by Crippen LogP contribution is 2.29. The molecule has 0 bridgehead atoms. The van der Waals surface area contributed by atoms with E-state index in [-0.39, 0.29) is 17.8 Å². The van der Waals surface area contributed by atoms with Crippen LogP contribution < -0.4 is 10.6 Å². The minimum atomic E-state index is -0.469. The minimum absolute atomic E-state index is 0.0136. The standard InChI is InChI=1S/C17H25FN2O2/c1-13(11-14-5-3-4-6-15(14)18)20-16(21)17(12-22-2)7-9-19-10-8-17/h3-6,13,19H,7-12H2,1-2H3,(H,20,21). The number of hydrogen-bond acceptors (Lipinski definition) is 3. The molecule has 1 amide bonds. The smallest absolute Gasteiger partial charge is 0.228 e. The van der Waals surface area contributed by atoms with E-state index in [9.17, 15) is 9.18 Å². The van der Waals surface area contributed by atoms with E-state index in [1.807, 2.05) is 13.0 Å². The molecule has 2 N–H and O–H groups in total. The molecule has 4 nitrogen and oxygen atoms in total. The van der Waals surface area contributed by atoms with E-state index in [0.29, 0.717) is 18.6 Å². The lowest BCUT2D eigenvalue weighted by Crippen LogP contribution is -2.52. The highest BCUT2D eigenvalue weighted by Gasteiger charge is 2.40. The third kappa shape index (κ3) is 4.05. The van der Waals surface area contributed by atoms with E-state index >= 15 is 0 Å². The number of halogens is 1. The molecule has 1 atom stereocenters. The Morgan fingerprint density at radius 3 is 2.73 bits per heavy atom. The summed E-state index contributed by atoms with van der Waals surface area (Å²) in [6.45, 7) is 3.97. The maximum Gasteiger partial charge on any atom is 0.228 e. The summed E-state index contributed by atoms with van der Waals surface area (Å²) in [7, 11) is 1.62. The van der Waals surface area contributed by atoms with Crippen LogP contribution in [0.4, 0.5) is 4.39 Å². The third-order valence-electron chi connectivity index (χ3n) is 4.32. The van der Waals surface area contributed by atoms with E-state index < -0.39 is 5.41 Å². The topological polar surface area (TPSA) is 50.4 Å². The Morgan fingerprint density at radius 2 is 2.09 bits per heavy atom. The zero-order chi connectivity index (χ0) is 16.0. The van der Waals surface area contributed by atoms with Crippen LogP contribution in [-0.2, 0) is 16.0 Å². The van der Waals surface area contributed by atoms with Crippen molar-refractivity contribution >= 4 is 5.91 Å². The molecule has 0 spiro atoms. The van der Waals surface area contributed by atoms with Gasteiger partial charge in [0.25, 0.3) is 0 Å². The Hall–Kier alpha value is -1.46. The van der Waals surface area contributed by atoms with Gasteiger partial charge in [-0.05, 0) is 50.9 Å². The first kappa shape index (κ1) is 16.9. The van der Waals surface area contributed by atoms with Gasteiger partial charge in [-0.2, -0.15) is 0 Å². The monoisotopic (exact) mass is 308 g/mol. The van der Waals surface area contributed by atoms with E-state index in [1.54, 1.807) is 19.2 Å². The number of nitrogens with one attached hydrogen (secondary N) is 2. The first-order valence-electron chi connectivity index (χ1n) is 7.81. The number of piperidine rings is 1. The molecule has 1 unspecified atom stereocenters. The van der Waals surface area contributed by atoms with Gasteiger partial charge in [0.2, 0.25) is 5.91 Å². The molecule has 1 fully saturated rings. The van der Waals surface area contributed by atoms with Crippen LogP contribution in [0.2, 0.25) is 0 Å². The van der Waals surface area contributed by atoms with Gasteiger partial charge < -0.3 is 15.4 Å². The lowest BCUT2D eigenvalue weighted by Gasteiger charge is -2.36. The number of methoxy groups -OCH3 is 1. The van der Waals surface area contributed by atoms with Gasteiger partial charge in [0.1, 0.15) is 5.82 Å². The highest BCUT2D eigenvalue weighted by molar-refractivity contribution is 5.83. The van der Waals surface area contributed by atoms with Crippen LogP contribution in [0.5, 0.6) is 0 Å². The fraction of sp³-hybridized carbons (Fsp3) is 0.588. The van der Waals surface area contributed by atoms with Crippen LogP contribution >= 0.6 is 0 Å². The van der Waals surface area contributed by atoms with Crippen LogP contribution in [0.3, 0.4) is 0 Å². The summed E-state index contributed by atoms with van der Waals surface area (Å²) in [6, 6.07) is 6.57. The molecule has 2 rings (SSSR count). The lowest BCUT2D eigenvalue weighted by atomic mass is 9.78. The van der Waals surface area contributed by atoms with Crippen molar-refractivity contribution in [2.45, 2.75) is 32.2 Å². The number of hydrogen-bond donors (Lipinski definition) is 2. The van der Waals surface area contributed by atoms with Crippen molar-refractivity contribution in [3.63, 3.8) is 0 Å². The molecule has 1 saturated heterocycles. The Bertz CT molecular complexity index is 496. The van der Waals surface area contributed by atoms with Crippen molar-refractivity contribution in [1.82, 2.24) is 10.6 Å². The van der Waals surface area contributed by atoms with Crippen molar-refractivity contribution in [2.75, 3.05) is 26.8 Å². The Balaban J connectivity index is 1.98. The van der Waals surface area contributed by atoms with Crippen LogP contribution in [0, 0.1) is 11.2 Å². The van der Waals surface area contributed by atoms with E-state index in [1.165, 1.54) is 6.07 Å². The van der Waals surface area contributed by atoms with Gasteiger partial charge in [-0.15, -0.1) is 0 Å². The summed E-state index contributed by atoms with van der Waals surface area (Å²) in [5, 5.41) is 6.31. The molecule has 0 aliphatic carbocycles. The predicted molar refractivity (Wildman–Crippen MR) is 84.1 cm³/mol. The quantitative estimate of drug-likeness (QED) is 0.844. The largest absolute Gasteiger partial charge is 0.384 e. The Morgan fingerprint density at radius 1 is 1.41 bits per heavy atom. The average molecular weight is 308 g/mol. The molecule has 1 aliphatic heterocycles. The fourth-order valence-electron chi connectivity index (χ4n) is 3.04. The van der Waals surface area contributed by atoms with Crippen molar-refractivity contribution in [2.24, 2.45) is 5.41 Å². The summed E-state index contributed by atoms with van der Waals surface area (Å²) in [4.78, 5) is 12.7. The summed E-state index contributed by atoms with van der Waals surface area (Å²) >= 11 is 0. The molecule has 0 radical (unpaired) electrons. The van der Waals surface area contributed by atoms with E-state index in [2.05, 4.69) is 10.6 Å². The molecule has 1 aliphatic rings. The normalized spacial score (nSPS) is 18.7. The first-order chi connectivity index (χ1) is 10.6. The molecule has 1 aromatic rings. The summed E-state index contributed by atoms with van der Waals surface area (Å²) in [6.07, 6.45) is 2.01. The molecule has 5 heteroatoms. The third-order valence-corrected chi connectivity index (χ3v) is 4.32. The first-order valence-corrected chi connectivity index (χ1v) is 7.81. The number of carbonyl (C=O) groups excluding carboxylic acids is 1. The zero-order valence-corrected chi connectivity index (χ0v) is 13.3. The van der Waals surface area contributed by atoms with Crippen molar-refractivity contribution in [3.05, 3.63) is 35.6 Å². The van der Waals surface area contributed by atoms with Gasteiger partial charge in [0.05, 0.1) is 12.0 Å². The molecular formula is C17H25FN2O2. The number of carbonyl (C=O) groups is 1. The molecule has 1 heterocycles. The Kier molecular flexibility index (Phi) is 5.91. The van der Waals surface area contributed by atoms with Crippen LogP contribution in [0.1, 0.15) is 25.3 Å². The summed E-state index contributed by atoms with van der Waals surface area (Å²) < 4.78 is 19.0. The molecular weight excluding hydrogens is 283 g/mol. The van der Waals surface area contributed by atoms with Gasteiger partial charge in [0, 0.05) is 13.2 Å². The van der Waals surface area contributed by atoms with E-state index in [0.717, 1.165) is 25.9 Å². The lowest BCUT2D eigenvalue weighted by molar-refractivity contribution is -0.136.